The number of carbonyl (C=O) groups is 1. The summed E-state index contributed by atoms with van der Waals surface area (Å²) in [6, 6.07) is 5.78. The van der Waals surface area contributed by atoms with Gasteiger partial charge in [0.15, 0.2) is 0 Å². The van der Waals surface area contributed by atoms with Crippen molar-refractivity contribution >= 4 is 37.8 Å². The van der Waals surface area contributed by atoms with Crippen LogP contribution >= 0.6 is 21.6 Å². The van der Waals surface area contributed by atoms with Crippen LogP contribution in [0.3, 0.4) is 0 Å². The molecule has 1 heterocycles. The highest BCUT2D eigenvalue weighted by atomic mass is 33.1. The minimum atomic E-state index is -0.264. The first-order valence-corrected chi connectivity index (χ1v) is 10.4. The average Bonchev–Trinajstić information content (AvgIpc) is 2.94. The number of rotatable bonds is 7. The third-order valence-corrected chi connectivity index (χ3v) is 6.75. The van der Waals surface area contributed by atoms with E-state index in [9.17, 15) is 4.79 Å². The molecule has 1 N–H and O–H groups in total. The van der Waals surface area contributed by atoms with Crippen LogP contribution in [0, 0.1) is 5.92 Å². The maximum absolute atomic E-state index is 12.2. The van der Waals surface area contributed by atoms with Gasteiger partial charge < -0.3 is 14.6 Å². The molecule has 0 amide bonds. The van der Waals surface area contributed by atoms with Gasteiger partial charge >= 0.3 is 5.30 Å². The molecule has 2 rings (SSSR count). The van der Waals surface area contributed by atoms with Gasteiger partial charge in [-0.05, 0) is 44.1 Å². The normalized spacial score (nSPS) is 13.0. The molecule has 1 aromatic carbocycles. The zero-order chi connectivity index (χ0) is 17.7. The van der Waals surface area contributed by atoms with Crippen LogP contribution in [0.25, 0.3) is 10.9 Å². The summed E-state index contributed by atoms with van der Waals surface area (Å²) in [6.07, 6.45) is 2.92. The largest absolute Gasteiger partial charge is 0.417 e. The first-order valence-electron chi connectivity index (χ1n) is 8.17. The zero-order valence-electron chi connectivity index (χ0n) is 15.0. The van der Waals surface area contributed by atoms with Crippen LogP contribution < -0.4 is 4.74 Å². The fraction of sp³-hybridized carbons (Fsp3) is 0.500. The van der Waals surface area contributed by atoms with Gasteiger partial charge in [-0.3, -0.25) is 0 Å². The van der Waals surface area contributed by atoms with E-state index in [0.29, 0.717) is 16.9 Å². The highest BCUT2D eigenvalue weighted by Gasteiger charge is 2.16. The molecule has 24 heavy (non-hydrogen) atoms. The molecule has 0 saturated heterocycles. The highest BCUT2D eigenvalue weighted by molar-refractivity contribution is 8.82. The van der Waals surface area contributed by atoms with Gasteiger partial charge in [-0.15, -0.1) is 0 Å². The molecule has 1 atom stereocenters. The Bertz CT molecular complexity index is 683. The van der Waals surface area contributed by atoms with E-state index < -0.39 is 0 Å². The van der Waals surface area contributed by atoms with Gasteiger partial charge in [0.1, 0.15) is 5.75 Å². The number of nitrogens with one attached hydrogen (secondary N) is 1. The van der Waals surface area contributed by atoms with Crippen molar-refractivity contribution in [1.29, 1.82) is 0 Å². The van der Waals surface area contributed by atoms with Gasteiger partial charge in [-0.25, -0.2) is 4.79 Å². The molecule has 132 valence electrons. The third-order valence-electron chi connectivity index (χ3n) is 3.98. The summed E-state index contributed by atoms with van der Waals surface area (Å²) in [5.41, 5.74) is 2.18. The van der Waals surface area contributed by atoms with Crippen molar-refractivity contribution in [1.82, 2.24) is 9.88 Å². The SMILES string of the molecule is CC(C)C(C)SSC(=O)Oc1cccc2[nH]cc(CCN(C)C)c12. The fourth-order valence-corrected chi connectivity index (χ4v) is 4.22. The molecule has 0 aliphatic carbocycles. The van der Waals surface area contributed by atoms with Gasteiger partial charge in [0.25, 0.3) is 0 Å². The smallest absolute Gasteiger partial charge is 0.383 e. The molecule has 6 heteroatoms. The lowest BCUT2D eigenvalue weighted by Gasteiger charge is -2.13. The molecule has 4 nitrogen and oxygen atoms in total. The highest BCUT2D eigenvalue weighted by Crippen LogP contribution is 2.35. The molecule has 1 unspecified atom stereocenters. The number of aromatic nitrogens is 1. The summed E-state index contributed by atoms with van der Waals surface area (Å²) in [6.45, 7) is 7.38. The lowest BCUT2D eigenvalue weighted by atomic mass is 10.1. The van der Waals surface area contributed by atoms with Gasteiger partial charge in [-0.1, -0.05) is 37.6 Å². The summed E-state index contributed by atoms with van der Waals surface area (Å²) in [5.74, 6) is 1.17. The topological polar surface area (TPSA) is 45.3 Å². The maximum Gasteiger partial charge on any atom is 0.383 e. The van der Waals surface area contributed by atoms with E-state index in [1.54, 1.807) is 10.8 Å². The second-order valence-electron chi connectivity index (χ2n) is 6.53. The second kappa shape index (κ2) is 8.83. The number of hydrogen-bond acceptors (Lipinski definition) is 5. The lowest BCUT2D eigenvalue weighted by molar-refractivity contribution is 0.228. The summed E-state index contributed by atoms with van der Waals surface area (Å²) in [5, 5.41) is 1.15. The van der Waals surface area contributed by atoms with Crippen LogP contribution in [0.15, 0.2) is 24.4 Å². The quantitative estimate of drug-likeness (QED) is 0.539. The molecule has 0 bridgehead atoms. The molecule has 1 aromatic heterocycles. The molecule has 0 saturated carbocycles. The van der Waals surface area contributed by atoms with Gasteiger partial charge in [-0.2, -0.15) is 0 Å². The van der Waals surface area contributed by atoms with Crippen molar-refractivity contribution in [2.45, 2.75) is 32.4 Å². The van der Waals surface area contributed by atoms with Crippen LogP contribution in [0.5, 0.6) is 5.75 Å². The summed E-state index contributed by atoms with van der Waals surface area (Å²) in [4.78, 5) is 17.6. The number of likely N-dealkylation sites (N-methyl/N-ethyl adjacent to an activating group) is 1. The Hall–Kier alpha value is -1.11. The number of fused-ring (bicyclic) bond motifs is 1. The molecular weight excluding hydrogens is 340 g/mol. The van der Waals surface area contributed by atoms with Crippen molar-refractivity contribution in [3.8, 4) is 5.75 Å². The minimum Gasteiger partial charge on any atom is -0.417 e. The van der Waals surface area contributed by atoms with Crippen LogP contribution in [0.1, 0.15) is 26.3 Å². The van der Waals surface area contributed by atoms with Gasteiger partial charge in [0.05, 0.1) is 0 Å². The van der Waals surface area contributed by atoms with Crippen LogP contribution in [0.4, 0.5) is 4.79 Å². The predicted octanol–water partition coefficient (Wildman–Crippen LogP) is 5.20. The number of H-pyrrole nitrogens is 1. The van der Waals surface area contributed by atoms with Gasteiger partial charge in [0.2, 0.25) is 0 Å². The minimum absolute atomic E-state index is 0.264. The summed E-state index contributed by atoms with van der Waals surface area (Å²) in [7, 11) is 6.86. The van der Waals surface area contributed by atoms with Crippen LogP contribution in [-0.2, 0) is 6.42 Å². The van der Waals surface area contributed by atoms with E-state index in [1.165, 1.54) is 16.4 Å². The lowest BCUT2D eigenvalue weighted by Crippen LogP contribution is -2.15. The maximum atomic E-state index is 12.2. The number of nitrogens with zero attached hydrogens (tertiary/aromatic N) is 1. The van der Waals surface area contributed by atoms with E-state index in [1.807, 2.05) is 24.4 Å². The van der Waals surface area contributed by atoms with E-state index in [0.717, 1.165) is 23.9 Å². The number of benzene rings is 1. The van der Waals surface area contributed by atoms with Crippen molar-refractivity contribution in [3.05, 3.63) is 30.0 Å². The van der Waals surface area contributed by atoms with Crippen molar-refractivity contribution in [2.24, 2.45) is 5.92 Å². The number of carbonyl (C=O) groups excluding carboxylic acids is 1. The Morgan fingerprint density at radius 2 is 2.04 bits per heavy atom. The van der Waals surface area contributed by atoms with Crippen LogP contribution in [-0.4, -0.2) is 41.1 Å². The number of aromatic amines is 1. The first-order chi connectivity index (χ1) is 11.4. The third kappa shape index (κ3) is 5.19. The zero-order valence-corrected chi connectivity index (χ0v) is 16.6. The van der Waals surface area contributed by atoms with E-state index >= 15 is 0 Å². The van der Waals surface area contributed by atoms with Gasteiger partial charge in [0, 0.05) is 39.7 Å². The molecule has 0 aliphatic rings. The Morgan fingerprint density at radius 1 is 1.29 bits per heavy atom. The standard InChI is InChI=1S/C18H26N2O2S2/c1-12(2)13(3)23-24-18(21)22-16-8-6-7-15-17(16)14(11-19-15)9-10-20(4)5/h6-8,11-13,19H,9-10H2,1-5H3. The molecule has 2 aromatic rings. The average molecular weight is 367 g/mol. The Morgan fingerprint density at radius 3 is 2.71 bits per heavy atom. The monoisotopic (exact) mass is 366 g/mol. The van der Waals surface area contributed by atoms with E-state index in [4.69, 9.17) is 4.74 Å². The molecule has 0 aliphatic heterocycles. The molecule has 0 spiro atoms. The number of ether oxygens (including phenoxy) is 1. The first kappa shape index (κ1) is 19.2. The Labute approximate surface area is 152 Å². The summed E-state index contributed by atoms with van der Waals surface area (Å²) >= 11 is 0. The molecule has 0 fully saturated rings. The number of hydrogen-bond donors (Lipinski definition) is 1. The summed E-state index contributed by atoms with van der Waals surface area (Å²) < 4.78 is 5.63. The second-order valence-corrected chi connectivity index (χ2v) is 9.04. The van der Waals surface area contributed by atoms with E-state index in [-0.39, 0.29) is 5.30 Å². The fourth-order valence-electron chi connectivity index (χ4n) is 2.18. The van der Waals surface area contributed by atoms with Crippen molar-refractivity contribution < 1.29 is 9.53 Å². The molecular formula is C18H26N2O2S2. The molecule has 0 radical (unpaired) electrons. The van der Waals surface area contributed by atoms with Crippen LogP contribution in [0.2, 0.25) is 0 Å². The van der Waals surface area contributed by atoms with Crippen molar-refractivity contribution in [2.75, 3.05) is 20.6 Å². The Balaban J connectivity index is 2.10. The van der Waals surface area contributed by atoms with Crippen molar-refractivity contribution in [3.63, 3.8) is 0 Å². The predicted molar refractivity (Wildman–Crippen MR) is 106 cm³/mol. The Kier molecular flexibility index (Phi) is 7.07. The van der Waals surface area contributed by atoms with E-state index in [2.05, 4.69) is 44.8 Å².